The molecule has 0 aliphatic carbocycles. The number of benzene rings is 3. The smallest absolute Gasteiger partial charge is 0.248 e. The summed E-state index contributed by atoms with van der Waals surface area (Å²) in [5, 5.41) is 6.51. The van der Waals surface area contributed by atoms with Crippen LogP contribution in [0.3, 0.4) is 0 Å². The van der Waals surface area contributed by atoms with E-state index in [1.165, 1.54) is 6.08 Å². The van der Waals surface area contributed by atoms with Crippen LogP contribution in [0.15, 0.2) is 78.9 Å². The van der Waals surface area contributed by atoms with Crippen LogP contribution in [0.4, 0.5) is 17.1 Å². The van der Waals surface area contributed by atoms with Gasteiger partial charge in [0.2, 0.25) is 11.8 Å². The summed E-state index contributed by atoms with van der Waals surface area (Å²) in [6.45, 7) is 8.12. The van der Waals surface area contributed by atoms with Gasteiger partial charge in [0, 0.05) is 35.9 Å². The molecule has 40 heavy (non-hydrogen) atoms. The lowest BCUT2D eigenvalue weighted by molar-refractivity contribution is -0.121. The minimum Gasteiger partial charge on any atom is -0.397 e. The van der Waals surface area contributed by atoms with Gasteiger partial charge in [0.15, 0.2) is 0 Å². The van der Waals surface area contributed by atoms with E-state index in [1.807, 2.05) is 48.5 Å². The summed E-state index contributed by atoms with van der Waals surface area (Å²) in [6, 6.07) is 22.5. The highest BCUT2D eigenvalue weighted by atomic mass is 35.5. The second-order valence-corrected chi connectivity index (χ2v) is 10.5. The van der Waals surface area contributed by atoms with E-state index in [4.69, 9.17) is 17.3 Å². The predicted octanol–water partition coefficient (Wildman–Crippen LogP) is 5.54. The minimum absolute atomic E-state index is 0.0247. The normalized spacial score (nSPS) is 16.4. The van der Waals surface area contributed by atoms with Crippen molar-refractivity contribution in [3.05, 3.63) is 95.0 Å². The number of halogens is 1. The number of rotatable bonds is 11. The predicted molar refractivity (Wildman–Crippen MR) is 165 cm³/mol. The Labute approximate surface area is 242 Å². The third-order valence-electron chi connectivity index (χ3n) is 7.43. The van der Waals surface area contributed by atoms with Crippen molar-refractivity contribution < 1.29 is 9.59 Å². The second-order valence-electron chi connectivity index (χ2n) is 10.0. The molecule has 8 heteroatoms. The summed E-state index contributed by atoms with van der Waals surface area (Å²) in [5.74, 6) is -0.277. The van der Waals surface area contributed by atoms with Crippen LogP contribution in [0, 0.1) is 0 Å². The van der Waals surface area contributed by atoms with Crippen LogP contribution in [0.25, 0.3) is 6.08 Å². The molecule has 2 unspecified atom stereocenters. The number of amides is 2. The number of nitrogens with one attached hydrogen (secondary N) is 2. The molecule has 7 nitrogen and oxygen atoms in total. The number of anilines is 3. The van der Waals surface area contributed by atoms with Crippen molar-refractivity contribution >= 4 is 46.6 Å². The van der Waals surface area contributed by atoms with Gasteiger partial charge in [0.25, 0.3) is 0 Å². The molecule has 0 radical (unpaired) electrons. The number of carbonyl (C=O) groups is 2. The monoisotopic (exact) mass is 559 g/mol. The minimum atomic E-state index is -0.306. The van der Waals surface area contributed by atoms with Crippen LogP contribution in [0.2, 0.25) is 5.02 Å². The van der Waals surface area contributed by atoms with E-state index in [2.05, 4.69) is 34.3 Å². The van der Waals surface area contributed by atoms with Crippen molar-refractivity contribution in [3.63, 3.8) is 0 Å². The molecule has 1 heterocycles. The van der Waals surface area contributed by atoms with Crippen LogP contribution in [-0.4, -0.2) is 59.9 Å². The third kappa shape index (κ3) is 7.94. The first-order valence-electron chi connectivity index (χ1n) is 13.8. The van der Waals surface area contributed by atoms with Gasteiger partial charge in [0.05, 0.1) is 17.4 Å². The van der Waals surface area contributed by atoms with Crippen LogP contribution in [0.1, 0.15) is 31.4 Å². The molecule has 0 bridgehead atoms. The molecule has 3 aromatic rings. The molecule has 2 atom stereocenters. The molecule has 3 aromatic carbocycles. The fraction of sp³-hybridized carbons (Fsp3) is 0.312. The molecule has 1 saturated heterocycles. The average molecular weight is 560 g/mol. The van der Waals surface area contributed by atoms with Gasteiger partial charge in [0.1, 0.15) is 0 Å². The molecule has 4 rings (SSSR count). The highest BCUT2D eigenvalue weighted by Crippen LogP contribution is 2.23. The standard InChI is InChI=1S/C32H38ClN5O2/c1-3-37(4-2)27-19-20-38(22-27)30(32(40)35-26-16-14-25(33)15-17-26)21-24-11-9-23(10-12-24)13-18-31(39)36-29-8-6-5-7-28(29)34/h5-18,27,30H,3-4,19-22,34H2,1-2H3,(H,35,40)(H,36,39)/b18-13+. The number of hydrogen-bond acceptors (Lipinski definition) is 5. The molecule has 2 amide bonds. The van der Waals surface area contributed by atoms with Crippen LogP contribution in [0.5, 0.6) is 0 Å². The SMILES string of the molecule is CCN(CC)C1CCN(C(Cc2ccc(/C=C/C(=O)Nc3ccccc3N)cc2)C(=O)Nc2ccc(Cl)cc2)C1. The zero-order chi connectivity index (χ0) is 28.5. The molecule has 0 saturated carbocycles. The van der Waals surface area contributed by atoms with Gasteiger partial charge in [-0.1, -0.05) is 61.8 Å². The molecule has 4 N–H and O–H groups in total. The Morgan fingerprint density at radius 2 is 1.73 bits per heavy atom. The molecular weight excluding hydrogens is 522 g/mol. The van der Waals surface area contributed by atoms with Gasteiger partial charge in [-0.05, 0) is 79.5 Å². The van der Waals surface area contributed by atoms with E-state index in [1.54, 1.807) is 30.3 Å². The average Bonchev–Trinajstić information content (AvgIpc) is 3.44. The fourth-order valence-electron chi connectivity index (χ4n) is 5.18. The Morgan fingerprint density at radius 1 is 1.02 bits per heavy atom. The number of hydrogen-bond donors (Lipinski definition) is 3. The number of likely N-dealkylation sites (N-methyl/N-ethyl adjacent to an activating group) is 1. The molecule has 0 spiro atoms. The first-order chi connectivity index (χ1) is 19.4. The second kappa shape index (κ2) is 14.1. The number of carbonyl (C=O) groups excluding carboxylic acids is 2. The zero-order valence-electron chi connectivity index (χ0n) is 23.1. The van der Waals surface area contributed by atoms with Crippen LogP contribution >= 0.6 is 11.6 Å². The summed E-state index contributed by atoms with van der Waals surface area (Å²) in [4.78, 5) is 30.7. The first kappa shape index (κ1) is 29.3. The lowest BCUT2D eigenvalue weighted by atomic mass is 10.0. The maximum absolute atomic E-state index is 13.6. The molecule has 210 valence electrons. The highest BCUT2D eigenvalue weighted by Gasteiger charge is 2.34. The third-order valence-corrected chi connectivity index (χ3v) is 7.69. The van der Waals surface area contributed by atoms with Crippen molar-refractivity contribution in [1.29, 1.82) is 0 Å². The summed E-state index contributed by atoms with van der Waals surface area (Å²) in [6.07, 6.45) is 4.88. The Balaban J connectivity index is 1.44. The van der Waals surface area contributed by atoms with Crippen LogP contribution in [-0.2, 0) is 16.0 Å². The molecular formula is C32H38ClN5O2. The molecule has 0 aromatic heterocycles. The van der Waals surface area contributed by atoms with Crippen LogP contribution < -0.4 is 16.4 Å². The van der Waals surface area contributed by atoms with E-state index in [9.17, 15) is 9.59 Å². The maximum Gasteiger partial charge on any atom is 0.248 e. The van der Waals surface area contributed by atoms with Gasteiger partial charge in [-0.3, -0.25) is 19.4 Å². The summed E-state index contributed by atoms with van der Waals surface area (Å²) >= 11 is 6.03. The summed E-state index contributed by atoms with van der Waals surface area (Å²) < 4.78 is 0. The van der Waals surface area contributed by atoms with Crippen molar-refractivity contribution in [3.8, 4) is 0 Å². The van der Waals surface area contributed by atoms with Crippen molar-refractivity contribution in [2.24, 2.45) is 0 Å². The van der Waals surface area contributed by atoms with E-state index in [0.29, 0.717) is 28.9 Å². The Bertz CT molecular complexity index is 1310. The lowest BCUT2D eigenvalue weighted by Gasteiger charge is -2.30. The van der Waals surface area contributed by atoms with E-state index >= 15 is 0 Å². The van der Waals surface area contributed by atoms with Gasteiger partial charge in [-0.2, -0.15) is 0 Å². The summed E-state index contributed by atoms with van der Waals surface area (Å²) in [5.41, 5.74) is 9.69. The number of likely N-dealkylation sites (tertiary alicyclic amines) is 1. The Kier molecular flexibility index (Phi) is 10.4. The topological polar surface area (TPSA) is 90.7 Å². The summed E-state index contributed by atoms with van der Waals surface area (Å²) in [7, 11) is 0. The Hall–Kier alpha value is -3.65. The number of nitrogens with two attached hydrogens (primary N) is 1. The van der Waals surface area contributed by atoms with E-state index < -0.39 is 0 Å². The van der Waals surface area contributed by atoms with Gasteiger partial charge in [-0.15, -0.1) is 0 Å². The molecule has 1 fully saturated rings. The molecule has 1 aliphatic heterocycles. The van der Waals surface area contributed by atoms with Crippen molar-refractivity contribution in [2.75, 3.05) is 42.5 Å². The first-order valence-corrected chi connectivity index (χ1v) is 14.2. The van der Waals surface area contributed by atoms with Crippen molar-refractivity contribution in [1.82, 2.24) is 9.80 Å². The number of nitrogens with zero attached hydrogens (tertiary/aromatic N) is 2. The van der Waals surface area contributed by atoms with E-state index in [-0.39, 0.29) is 17.9 Å². The Morgan fingerprint density at radius 3 is 2.40 bits per heavy atom. The molecule has 1 aliphatic rings. The van der Waals surface area contributed by atoms with Crippen molar-refractivity contribution in [2.45, 2.75) is 38.8 Å². The van der Waals surface area contributed by atoms with E-state index in [0.717, 1.165) is 49.4 Å². The fourth-order valence-corrected chi connectivity index (χ4v) is 5.31. The number of nitrogen functional groups attached to an aromatic ring is 1. The zero-order valence-corrected chi connectivity index (χ0v) is 23.9. The maximum atomic E-state index is 13.6. The lowest BCUT2D eigenvalue weighted by Crippen LogP contribution is -2.46. The largest absolute Gasteiger partial charge is 0.397 e. The van der Waals surface area contributed by atoms with Gasteiger partial charge in [-0.25, -0.2) is 0 Å². The van der Waals surface area contributed by atoms with Gasteiger partial charge >= 0.3 is 0 Å². The van der Waals surface area contributed by atoms with Gasteiger partial charge < -0.3 is 16.4 Å². The highest BCUT2D eigenvalue weighted by molar-refractivity contribution is 6.30. The number of para-hydroxylation sites is 2. The quantitative estimate of drug-likeness (QED) is 0.212.